The second-order valence-electron chi connectivity index (χ2n) is 2.85. The first-order valence-corrected chi connectivity index (χ1v) is 4.29. The normalized spacial score (nSPS) is 9.60. The third kappa shape index (κ3) is 1.67. The van der Waals surface area contributed by atoms with Crippen LogP contribution in [0.4, 0.5) is 4.39 Å². The summed E-state index contributed by atoms with van der Waals surface area (Å²) in [6, 6.07) is 7.97. The summed E-state index contributed by atoms with van der Waals surface area (Å²) in [4.78, 5) is 7.74. The average molecular weight is 199 g/mol. The second kappa shape index (κ2) is 3.84. The first-order chi connectivity index (χ1) is 7.33. The summed E-state index contributed by atoms with van der Waals surface area (Å²) in [5.41, 5.74) is 0.746. The van der Waals surface area contributed by atoms with Crippen molar-refractivity contribution < 1.29 is 4.39 Å². The topological polar surface area (TPSA) is 49.6 Å². The maximum Gasteiger partial charge on any atom is 0.149 e. The van der Waals surface area contributed by atoms with Crippen LogP contribution in [0.3, 0.4) is 0 Å². The highest BCUT2D eigenvalue weighted by atomic mass is 19.1. The standard InChI is InChI=1S/C11H6FN3/c12-9-4-2-6-15-11(9)8-3-1-5-14-10(8)7-13/h1-6H. The van der Waals surface area contributed by atoms with Gasteiger partial charge in [-0.3, -0.25) is 4.98 Å². The number of aromatic nitrogens is 2. The zero-order valence-electron chi connectivity index (χ0n) is 7.68. The average Bonchev–Trinajstić information content (AvgIpc) is 2.30. The Bertz CT molecular complexity index is 531. The van der Waals surface area contributed by atoms with Gasteiger partial charge in [0.15, 0.2) is 0 Å². The molecule has 72 valence electrons. The Kier molecular flexibility index (Phi) is 2.38. The van der Waals surface area contributed by atoms with Crippen LogP contribution in [0.5, 0.6) is 0 Å². The van der Waals surface area contributed by atoms with Crippen molar-refractivity contribution in [3.63, 3.8) is 0 Å². The predicted octanol–water partition coefficient (Wildman–Crippen LogP) is 2.15. The quantitative estimate of drug-likeness (QED) is 0.707. The molecule has 2 aromatic heterocycles. The van der Waals surface area contributed by atoms with Crippen molar-refractivity contribution in [1.82, 2.24) is 9.97 Å². The lowest BCUT2D eigenvalue weighted by atomic mass is 10.1. The van der Waals surface area contributed by atoms with Crippen molar-refractivity contribution in [2.24, 2.45) is 0 Å². The highest BCUT2D eigenvalue weighted by molar-refractivity contribution is 5.65. The van der Waals surface area contributed by atoms with Gasteiger partial charge in [0.05, 0.1) is 0 Å². The summed E-state index contributed by atoms with van der Waals surface area (Å²) in [7, 11) is 0. The highest BCUT2D eigenvalue weighted by Gasteiger charge is 2.10. The van der Waals surface area contributed by atoms with Crippen LogP contribution in [0.25, 0.3) is 11.3 Å². The van der Waals surface area contributed by atoms with Gasteiger partial charge < -0.3 is 0 Å². The van der Waals surface area contributed by atoms with Gasteiger partial charge in [0.1, 0.15) is 23.3 Å². The van der Waals surface area contributed by atoms with E-state index in [1.54, 1.807) is 12.1 Å². The molecule has 0 aromatic carbocycles. The van der Waals surface area contributed by atoms with Crippen LogP contribution in [0.1, 0.15) is 5.69 Å². The molecule has 0 spiro atoms. The highest BCUT2D eigenvalue weighted by Crippen LogP contribution is 2.21. The van der Waals surface area contributed by atoms with E-state index in [-0.39, 0.29) is 11.4 Å². The minimum atomic E-state index is -0.456. The number of rotatable bonds is 1. The largest absolute Gasteiger partial charge is 0.253 e. The van der Waals surface area contributed by atoms with Crippen molar-refractivity contribution >= 4 is 0 Å². The second-order valence-corrected chi connectivity index (χ2v) is 2.85. The summed E-state index contributed by atoms with van der Waals surface area (Å²) in [6.45, 7) is 0. The Morgan fingerprint density at radius 2 is 1.87 bits per heavy atom. The van der Waals surface area contributed by atoms with E-state index in [2.05, 4.69) is 9.97 Å². The molecule has 15 heavy (non-hydrogen) atoms. The third-order valence-electron chi connectivity index (χ3n) is 1.93. The summed E-state index contributed by atoms with van der Waals surface area (Å²) in [5.74, 6) is -0.456. The van der Waals surface area contributed by atoms with E-state index in [0.717, 1.165) is 0 Å². The molecule has 2 heterocycles. The molecular weight excluding hydrogens is 193 g/mol. The van der Waals surface area contributed by atoms with E-state index in [1.165, 1.54) is 24.5 Å². The molecule has 0 aliphatic rings. The fraction of sp³-hybridized carbons (Fsp3) is 0. The van der Waals surface area contributed by atoms with E-state index in [4.69, 9.17) is 5.26 Å². The minimum absolute atomic E-state index is 0.155. The first kappa shape index (κ1) is 9.28. The lowest BCUT2D eigenvalue weighted by molar-refractivity contribution is 0.625. The first-order valence-electron chi connectivity index (χ1n) is 4.29. The molecule has 0 atom stereocenters. The molecule has 2 rings (SSSR count). The zero-order valence-corrected chi connectivity index (χ0v) is 7.68. The third-order valence-corrected chi connectivity index (χ3v) is 1.93. The molecule has 4 heteroatoms. The van der Waals surface area contributed by atoms with Crippen LogP contribution >= 0.6 is 0 Å². The van der Waals surface area contributed by atoms with Crippen LogP contribution in [-0.4, -0.2) is 9.97 Å². The lowest BCUT2D eigenvalue weighted by Crippen LogP contribution is -1.93. The van der Waals surface area contributed by atoms with Crippen LogP contribution in [0.15, 0.2) is 36.7 Å². The molecule has 0 unspecified atom stereocenters. The Balaban J connectivity index is 2.65. The van der Waals surface area contributed by atoms with Crippen LogP contribution in [0.2, 0.25) is 0 Å². The predicted molar refractivity (Wildman–Crippen MR) is 52.1 cm³/mol. The van der Waals surface area contributed by atoms with Crippen molar-refractivity contribution in [3.05, 3.63) is 48.2 Å². The molecule has 0 aliphatic heterocycles. The van der Waals surface area contributed by atoms with Gasteiger partial charge in [0.2, 0.25) is 0 Å². The van der Waals surface area contributed by atoms with E-state index >= 15 is 0 Å². The van der Waals surface area contributed by atoms with Gasteiger partial charge in [0.25, 0.3) is 0 Å². The van der Waals surface area contributed by atoms with E-state index in [0.29, 0.717) is 5.56 Å². The van der Waals surface area contributed by atoms with E-state index in [9.17, 15) is 4.39 Å². The Morgan fingerprint density at radius 1 is 1.13 bits per heavy atom. The summed E-state index contributed by atoms with van der Waals surface area (Å²) >= 11 is 0. The molecule has 0 aliphatic carbocycles. The molecule has 0 fully saturated rings. The van der Waals surface area contributed by atoms with Crippen molar-refractivity contribution in [2.45, 2.75) is 0 Å². The number of nitrogens with zero attached hydrogens (tertiary/aromatic N) is 3. The van der Waals surface area contributed by atoms with Gasteiger partial charge in [-0.05, 0) is 24.3 Å². The Morgan fingerprint density at radius 3 is 2.60 bits per heavy atom. The smallest absolute Gasteiger partial charge is 0.149 e. The summed E-state index contributed by atoms with van der Waals surface area (Å²) in [6.07, 6.45) is 2.97. The Labute approximate surface area is 85.9 Å². The lowest BCUT2D eigenvalue weighted by Gasteiger charge is -2.02. The molecule has 0 saturated heterocycles. The van der Waals surface area contributed by atoms with Gasteiger partial charge in [0, 0.05) is 18.0 Å². The monoisotopic (exact) mass is 199 g/mol. The molecule has 0 saturated carbocycles. The minimum Gasteiger partial charge on any atom is -0.253 e. The molecule has 3 nitrogen and oxygen atoms in total. The number of halogens is 1. The molecule has 0 N–H and O–H groups in total. The van der Waals surface area contributed by atoms with Crippen LogP contribution in [0, 0.1) is 17.1 Å². The molecule has 2 aromatic rings. The summed E-state index contributed by atoms with van der Waals surface area (Å²) in [5, 5.41) is 8.81. The van der Waals surface area contributed by atoms with Crippen molar-refractivity contribution in [2.75, 3.05) is 0 Å². The molecule has 0 amide bonds. The fourth-order valence-electron chi connectivity index (χ4n) is 1.27. The van der Waals surface area contributed by atoms with Crippen LogP contribution < -0.4 is 0 Å². The van der Waals surface area contributed by atoms with Gasteiger partial charge >= 0.3 is 0 Å². The number of pyridine rings is 2. The maximum absolute atomic E-state index is 13.4. The van der Waals surface area contributed by atoms with E-state index < -0.39 is 5.82 Å². The number of hydrogen-bond acceptors (Lipinski definition) is 3. The Hall–Kier alpha value is -2.28. The van der Waals surface area contributed by atoms with Crippen molar-refractivity contribution in [1.29, 1.82) is 5.26 Å². The van der Waals surface area contributed by atoms with Gasteiger partial charge in [-0.2, -0.15) is 5.26 Å². The molecule has 0 radical (unpaired) electrons. The fourth-order valence-corrected chi connectivity index (χ4v) is 1.27. The summed E-state index contributed by atoms with van der Waals surface area (Å²) < 4.78 is 13.4. The van der Waals surface area contributed by atoms with Crippen molar-refractivity contribution in [3.8, 4) is 17.3 Å². The van der Waals surface area contributed by atoms with Gasteiger partial charge in [-0.15, -0.1) is 0 Å². The number of nitriles is 1. The SMILES string of the molecule is N#Cc1ncccc1-c1ncccc1F. The van der Waals surface area contributed by atoms with Gasteiger partial charge in [-0.25, -0.2) is 9.37 Å². The number of hydrogen-bond donors (Lipinski definition) is 0. The van der Waals surface area contributed by atoms with Crippen LogP contribution in [-0.2, 0) is 0 Å². The maximum atomic E-state index is 13.4. The molecular formula is C11H6FN3. The van der Waals surface area contributed by atoms with Gasteiger partial charge in [-0.1, -0.05) is 0 Å². The zero-order chi connectivity index (χ0) is 10.7. The molecule has 0 bridgehead atoms. The van der Waals surface area contributed by atoms with E-state index in [1.807, 2.05) is 6.07 Å².